The van der Waals surface area contributed by atoms with E-state index in [4.69, 9.17) is 4.74 Å². The van der Waals surface area contributed by atoms with Gasteiger partial charge in [0.05, 0.1) is 12.8 Å². The van der Waals surface area contributed by atoms with Crippen LogP contribution in [0.1, 0.15) is 43.8 Å². The Balaban J connectivity index is 2.73. The summed E-state index contributed by atoms with van der Waals surface area (Å²) >= 11 is 1.16. The number of nitrogens with one attached hydrogen (secondary N) is 2. The quantitative estimate of drug-likeness (QED) is 0.803. The highest BCUT2D eigenvalue weighted by atomic mass is 32.1. The van der Waals surface area contributed by atoms with Crippen LogP contribution in [0, 0.1) is 0 Å². The third kappa shape index (κ3) is 5.90. The smallest absolute Gasteiger partial charge is 0.408 e. The average molecular weight is 342 g/mol. The van der Waals surface area contributed by atoms with Crippen molar-refractivity contribution in [2.24, 2.45) is 0 Å². The van der Waals surface area contributed by atoms with Crippen LogP contribution in [0.2, 0.25) is 0 Å². The Kier molecular flexibility index (Phi) is 6.56. The number of alkyl carbamates (subject to hydrolysis) is 1. The molecule has 0 saturated carbocycles. The minimum absolute atomic E-state index is 0.299. The van der Waals surface area contributed by atoms with Crippen molar-refractivity contribution in [3.63, 3.8) is 0 Å². The molecule has 23 heavy (non-hydrogen) atoms. The molecule has 2 N–H and O–H groups in total. The van der Waals surface area contributed by atoms with Crippen molar-refractivity contribution in [1.82, 2.24) is 5.32 Å². The largest absolute Gasteiger partial charge is 0.465 e. The third-order valence-corrected chi connectivity index (χ3v) is 3.60. The predicted octanol–water partition coefficient (Wildman–Crippen LogP) is 2.78. The van der Waals surface area contributed by atoms with Crippen LogP contribution in [-0.4, -0.2) is 36.7 Å². The van der Waals surface area contributed by atoms with Gasteiger partial charge in [-0.25, -0.2) is 9.59 Å². The van der Waals surface area contributed by atoms with Crippen LogP contribution in [0.15, 0.2) is 11.4 Å². The second kappa shape index (κ2) is 7.96. The molecule has 2 amide bonds. The number of ether oxygens (including phenoxy) is 2. The van der Waals surface area contributed by atoms with E-state index in [1.807, 2.05) is 0 Å². The van der Waals surface area contributed by atoms with E-state index < -0.39 is 29.6 Å². The zero-order valence-corrected chi connectivity index (χ0v) is 14.7. The molecule has 8 heteroatoms. The van der Waals surface area contributed by atoms with Gasteiger partial charge >= 0.3 is 12.1 Å². The van der Waals surface area contributed by atoms with Crippen molar-refractivity contribution in [1.29, 1.82) is 0 Å². The summed E-state index contributed by atoms with van der Waals surface area (Å²) < 4.78 is 9.79. The minimum atomic E-state index is -0.768. The summed E-state index contributed by atoms with van der Waals surface area (Å²) in [4.78, 5) is 35.9. The fraction of sp³-hybridized carbons (Fsp3) is 0.533. The van der Waals surface area contributed by atoms with Gasteiger partial charge in [-0.05, 0) is 38.6 Å². The second-order valence-electron chi connectivity index (χ2n) is 5.75. The Morgan fingerprint density at radius 3 is 2.48 bits per heavy atom. The fourth-order valence-corrected chi connectivity index (χ4v) is 2.45. The summed E-state index contributed by atoms with van der Waals surface area (Å²) in [5, 5.41) is 6.81. The van der Waals surface area contributed by atoms with Gasteiger partial charge in [-0.15, -0.1) is 11.3 Å². The maximum Gasteiger partial charge on any atom is 0.408 e. The summed E-state index contributed by atoms with van der Waals surface area (Å²) in [6, 6.07) is 0.838. The first-order chi connectivity index (χ1) is 10.7. The molecule has 0 fully saturated rings. The number of amides is 2. The summed E-state index contributed by atoms with van der Waals surface area (Å²) in [5.74, 6) is -0.953. The average Bonchev–Trinajstić information content (AvgIpc) is 2.89. The zero-order chi connectivity index (χ0) is 17.6. The number of thiophene rings is 1. The fourth-order valence-electron chi connectivity index (χ4n) is 1.68. The molecule has 1 atom stereocenters. The lowest BCUT2D eigenvalue weighted by molar-refractivity contribution is -0.118. The molecule has 0 aliphatic carbocycles. The van der Waals surface area contributed by atoms with Gasteiger partial charge in [-0.1, -0.05) is 6.92 Å². The molecular formula is C15H22N2O5S. The monoisotopic (exact) mass is 342 g/mol. The molecule has 0 aliphatic rings. The van der Waals surface area contributed by atoms with Crippen LogP contribution < -0.4 is 10.6 Å². The molecular weight excluding hydrogens is 320 g/mol. The SMILES string of the molecule is CCC(NC(=O)OC(C)(C)C)C(=O)Nc1ccsc1C(=O)OC. The van der Waals surface area contributed by atoms with Gasteiger partial charge in [-0.2, -0.15) is 0 Å². The van der Waals surface area contributed by atoms with E-state index >= 15 is 0 Å². The molecule has 0 spiro atoms. The van der Waals surface area contributed by atoms with Crippen molar-refractivity contribution in [2.75, 3.05) is 12.4 Å². The highest BCUT2D eigenvalue weighted by Gasteiger charge is 2.24. The maximum atomic E-state index is 12.3. The highest BCUT2D eigenvalue weighted by Crippen LogP contribution is 2.23. The number of rotatable bonds is 5. The lowest BCUT2D eigenvalue weighted by Crippen LogP contribution is -2.45. The van der Waals surface area contributed by atoms with Gasteiger partial charge in [0.1, 0.15) is 16.5 Å². The van der Waals surface area contributed by atoms with E-state index in [-0.39, 0.29) is 0 Å². The first-order valence-corrected chi connectivity index (χ1v) is 8.02. The van der Waals surface area contributed by atoms with Crippen molar-refractivity contribution < 1.29 is 23.9 Å². The summed E-state index contributed by atoms with van der Waals surface area (Å²) in [5.41, 5.74) is -0.291. The highest BCUT2D eigenvalue weighted by molar-refractivity contribution is 7.12. The maximum absolute atomic E-state index is 12.3. The van der Waals surface area contributed by atoms with Crippen molar-refractivity contribution in [3.05, 3.63) is 16.3 Å². The number of anilines is 1. The lowest BCUT2D eigenvalue weighted by Gasteiger charge is -2.22. The Labute approximate surface area is 139 Å². The Hall–Kier alpha value is -2.09. The van der Waals surface area contributed by atoms with E-state index in [2.05, 4.69) is 15.4 Å². The molecule has 1 aromatic rings. The molecule has 1 unspecified atom stereocenters. The summed E-state index contributed by atoms with van der Waals surface area (Å²) in [6.07, 6.45) is -0.291. The first kappa shape index (κ1) is 19.0. The van der Waals surface area contributed by atoms with E-state index in [0.717, 1.165) is 11.3 Å². The number of carbonyl (C=O) groups excluding carboxylic acids is 3. The van der Waals surface area contributed by atoms with Crippen molar-refractivity contribution in [3.8, 4) is 0 Å². The lowest BCUT2D eigenvalue weighted by atomic mass is 10.2. The van der Waals surface area contributed by atoms with Gasteiger partial charge in [-0.3, -0.25) is 4.79 Å². The standard InChI is InChI=1S/C15H22N2O5S/c1-6-9(17-14(20)22-15(2,3)4)12(18)16-10-7-8-23-11(10)13(19)21-5/h7-9H,6H2,1-5H3,(H,16,18)(H,17,20). The van der Waals surface area contributed by atoms with E-state index in [1.54, 1.807) is 39.1 Å². The molecule has 0 bridgehead atoms. The second-order valence-corrected chi connectivity index (χ2v) is 6.67. The van der Waals surface area contributed by atoms with Crippen molar-refractivity contribution >= 4 is 35.0 Å². The molecule has 0 radical (unpaired) electrons. The van der Waals surface area contributed by atoms with Crippen LogP contribution in [0.5, 0.6) is 0 Å². The molecule has 1 heterocycles. The Morgan fingerprint density at radius 2 is 1.96 bits per heavy atom. The number of hydrogen-bond donors (Lipinski definition) is 2. The van der Waals surface area contributed by atoms with Gasteiger partial charge in [0, 0.05) is 0 Å². The van der Waals surface area contributed by atoms with E-state index in [9.17, 15) is 14.4 Å². The molecule has 0 aliphatic heterocycles. The summed E-state index contributed by atoms with van der Waals surface area (Å²) in [7, 11) is 1.27. The number of carbonyl (C=O) groups is 3. The van der Waals surface area contributed by atoms with E-state index in [0.29, 0.717) is 17.0 Å². The van der Waals surface area contributed by atoms with Gasteiger partial charge < -0.3 is 20.1 Å². The van der Waals surface area contributed by atoms with Crippen LogP contribution in [0.4, 0.5) is 10.5 Å². The van der Waals surface area contributed by atoms with E-state index in [1.165, 1.54) is 7.11 Å². The van der Waals surface area contributed by atoms with Gasteiger partial charge in [0.25, 0.3) is 0 Å². The molecule has 7 nitrogen and oxygen atoms in total. The molecule has 128 valence electrons. The zero-order valence-electron chi connectivity index (χ0n) is 13.9. The minimum Gasteiger partial charge on any atom is -0.465 e. The van der Waals surface area contributed by atoms with Gasteiger partial charge in [0.15, 0.2) is 0 Å². The Bertz CT molecular complexity index is 577. The molecule has 0 saturated heterocycles. The Morgan fingerprint density at radius 1 is 1.30 bits per heavy atom. The summed E-state index contributed by atoms with van der Waals surface area (Å²) in [6.45, 7) is 6.97. The van der Waals surface area contributed by atoms with Crippen LogP contribution in [-0.2, 0) is 14.3 Å². The van der Waals surface area contributed by atoms with Crippen LogP contribution in [0.3, 0.4) is 0 Å². The third-order valence-electron chi connectivity index (χ3n) is 2.71. The predicted molar refractivity (Wildman–Crippen MR) is 87.7 cm³/mol. The van der Waals surface area contributed by atoms with Crippen LogP contribution >= 0.6 is 11.3 Å². The topological polar surface area (TPSA) is 93.7 Å². The van der Waals surface area contributed by atoms with Gasteiger partial charge in [0.2, 0.25) is 5.91 Å². The molecule has 1 aromatic heterocycles. The number of hydrogen-bond acceptors (Lipinski definition) is 6. The number of esters is 1. The molecule has 1 rings (SSSR count). The molecule has 0 aromatic carbocycles. The van der Waals surface area contributed by atoms with Crippen LogP contribution in [0.25, 0.3) is 0 Å². The normalized spacial score (nSPS) is 12.2. The van der Waals surface area contributed by atoms with Crippen molar-refractivity contribution in [2.45, 2.75) is 45.8 Å². The first-order valence-electron chi connectivity index (χ1n) is 7.14. The number of methoxy groups -OCH3 is 1.